The summed E-state index contributed by atoms with van der Waals surface area (Å²) in [6, 6.07) is 72.3. The van der Waals surface area contributed by atoms with Crippen LogP contribution in [-0.4, -0.2) is 0 Å². The van der Waals surface area contributed by atoms with Gasteiger partial charge in [0.2, 0.25) is 0 Å². The molecule has 0 nitrogen and oxygen atoms in total. The van der Waals surface area contributed by atoms with Gasteiger partial charge in [-0.3, -0.25) is 0 Å². The van der Waals surface area contributed by atoms with Gasteiger partial charge in [-0.05, 0) is 132 Å². The van der Waals surface area contributed by atoms with Crippen LogP contribution in [0.1, 0.15) is 0 Å². The van der Waals surface area contributed by atoms with Crippen LogP contribution in [0.4, 0.5) is 0 Å². The molecule has 0 radical (unpaired) electrons. The van der Waals surface area contributed by atoms with E-state index in [2.05, 4.69) is 194 Å². The summed E-state index contributed by atoms with van der Waals surface area (Å²) in [5, 5.41) is 18.2. The molecule has 0 aliphatic heterocycles. The van der Waals surface area contributed by atoms with Gasteiger partial charge in [0.1, 0.15) is 0 Å². The predicted octanol–water partition coefficient (Wildman–Crippen LogP) is 15.3. The minimum Gasteiger partial charge on any atom is -0.0622 e. The van der Waals surface area contributed by atoms with Crippen LogP contribution in [0.25, 0.3) is 120 Å². The van der Waals surface area contributed by atoms with Gasteiger partial charge >= 0.3 is 0 Å². The lowest BCUT2D eigenvalue weighted by Crippen LogP contribution is -1.98. The van der Waals surface area contributed by atoms with Crippen molar-refractivity contribution in [2.24, 2.45) is 0 Å². The molecule has 0 spiro atoms. The minimum absolute atomic E-state index is 1.23. The third kappa shape index (κ3) is 4.03. The molecule has 0 bridgehead atoms. The molecule has 0 aliphatic rings. The zero-order chi connectivity index (χ0) is 35.3. The van der Waals surface area contributed by atoms with Crippen LogP contribution in [0.5, 0.6) is 0 Å². The molecule has 0 fully saturated rings. The molecule has 54 heavy (non-hydrogen) atoms. The van der Waals surface area contributed by atoms with Crippen LogP contribution in [0, 0.1) is 0 Å². The second-order valence-electron chi connectivity index (χ2n) is 14.7. The Bertz CT molecular complexity index is 3170. The van der Waals surface area contributed by atoms with Gasteiger partial charge in [-0.1, -0.05) is 182 Å². The third-order valence-corrected chi connectivity index (χ3v) is 11.9. The van der Waals surface area contributed by atoms with Crippen molar-refractivity contribution < 1.29 is 0 Å². The van der Waals surface area contributed by atoms with Crippen molar-refractivity contribution in [3.63, 3.8) is 0 Å². The van der Waals surface area contributed by atoms with Crippen LogP contribution < -0.4 is 0 Å². The molecule has 0 saturated heterocycles. The van der Waals surface area contributed by atoms with Crippen LogP contribution in [0.2, 0.25) is 0 Å². The van der Waals surface area contributed by atoms with E-state index >= 15 is 0 Å². The van der Waals surface area contributed by atoms with Gasteiger partial charge in [-0.2, -0.15) is 0 Å². The van der Waals surface area contributed by atoms with E-state index in [9.17, 15) is 0 Å². The molecule has 12 rings (SSSR count). The van der Waals surface area contributed by atoms with E-state index in [0.717, 1.165) is 0 Å². The Morgan fingerprint density at radius 1 is 0.204 bits per heavy atom. The average molecular weight is 681 g/mol. The van der Waals surface area contributed by atoms with Crippen molar-refractivity contribution in [3.8, 4) is 44.5 Å². The van der Waals surface area contributed by atoms with Gasteiger partial charge in [-0.25, -0.2) is 0 Å². The Kier molecular flexibility index (Phi) is 6.15. The number of hydrogen-bond acceptors (Lipinski definition) is 0. The van der Waals surface area contributed by atoms with E-state index in [1.165, 1.54) is 120 Å². The zero-order valence-electron chi connectivity index (χ0n) is 29.5. The van der Waals surface area contributed by atoms with Crippen molar-refractivity contribution in [1.82, 2.24) is 0 Å². The van der Waals surface area contributed by atoms with E-state index in [-0.39, 0.29) is 0 Å². The number of benzene rings is 12. The van der Waals surface area contributed by atoms with E-state index in [1.807, 2.05) is 0 Å². The van der Waals surface area contributed by atoms with Crippen molar-refractivity contribution in [2.75, 3.05) is 0 Å². The highest BCUT2D eigenvalue weighted by atomic mass is 14.3. The molecule has 0 aliphatic carbocycles. The predicted molar refractivity (Wildman–Crippen MR) is 233 cm³/mol. The summed E-state index contributed by atoms with van der Waals surface area (Å²) in [4.78, 5) is 0. The molecule has 0 unspecified atom stereocenters. The van der Waals surface area contributed by atoms with Crippen molar-refractivity contribution in [3.05, 3.63) is 194 Å². The Balaban J connectivity index is 1.41. The van der Waals surface area contributed by atoms with Gasteiger partial charge < -0.3 is 0 Å². The van der Waals surface area contributed by atoms with Crippen LogP contribution in [0.3, 0.4) is 0 Å². The normalized spacial score (nSPS) is 12.1. The highest BCUT2D eigenvalue weighted by Gasteiger charge is 2.27. The van der Waals surface area contributed by atoms with Crippen LogP contribution >= 0.6 is 0 Å². The maximum atomic E-state index is 2.51. The van der Waals surface area contributed by atoms with Crippen LogP contribution in [0.15, 0.2) is 194 Å². The summed E-state index contributed by atoms with van der Waals surface area (Å²) < 4.78 is 0. The van der Waals surface area contributed by atoms with Crippen molar-refractivity contribution in [1.29, 1.82) is 0 Å². The van der Waals surface area contributed by atoms with Gasteiger partial charge in [-0.15, -0.1) is 0 Å². The summed E-state index contributed by atoms with van der Waals surface area (Å²) in [6.45, 7) is 0. The first-order valence-corrected chi connectivity index (χ1v) is 18.9. The Hall–Kier alpha value is -7.02. The largest absolute Gasteiger partial charge is 0.0622 e. The topological polar surface area (TPSA) is 0 Å². The average Bonchev–Trinajstić information content (AvgIpc) is 3.24. The first-order valence-electron chi connectivity index (χ1n) is 18.9. The molecule has 0 heteroatoms. The summed E-state index contributed by atoms with van der Waals surface area (Å²) in [7, 11) is 0. The smallest absolute Gasteiger partial charge is 0.000696 e. The van der Waals surface area contributed by atoms with Gasteiger partial charge in [0.15, 0.2) is 0 Å². The molecule has 0 aromatic heterocycles. The first kappa shape index (κ1) is 29.5. The standard InChI is InChI=1S/C54H32/c1-3-15-35(16-4-1)45-31-47-49(39-25-11-21-33-19-7-9-23-37(33)39)44-30-14-28-42-46(36-17-5-2-6-18-36)32-48-50(40-26-12-22-34-20-8-10-24-38(34)40)43-29-13-27-41(45)51(43)53(47)54(48)52(42)44/h1-32H. The molecule has 12 aromatic carbocycles. The van der Waals surface area contributed by atoms with E-state index in [0.29, 0.717) is 0 Å². The molecule has 12 aromatic rings. The number of hydrogen-bond donors (Lipinski definition) is 0. The molecule has 248 valence electrons. The molecule has 0 N–H and O–H groups in total. The quantitative estimate of drug-likeness (QED) is 0.128. The molecular formula is C54H32. The van der Waals surface area contributed by atoms with Gasteiger partial charge in [0.05, 0.1) is 0 Å². The zero-order valence-corrected chi connectivity index (χ0v) is 29.5. The second kappa shape index (κ2) is 11.2. The maximum absolute atomic E-state index is 2.51. The lowest BCUT2D eigenvalue weighted by Gasteiger charge is -2.26. The number of rotatable bonds is 4. The molecule has 0 heterocycles. The molecule has 0 saturated carbocycles. The summed E-state index contributed by atoms with van der Waals surface area (Å²) in [5.41, 5.74) is 10.1. The fourth-order valence-corrected chi connectivity index (χ4v) is 9.75. The van der Waals surface area contributed by atoms with E-state index in [4.69, 9.17) is 0 Å². The highest BCUT2D eigenvalue weighted by Crippen LogP contribution is 2.55. The fraction of sp³-hybridized carbons (Fsp3) is 0. The first-order chi connectivity index (χ1) is 26.8. The van der Waals surface area contributed by atoms with Crippen molar-refractivity contribution >= 4 is 75.4 Å². The lowest BCUT2D eigenvalue weighted by molar-refractivity contribution is 1.66. The molecule has 0 atom stereocenters. The van der Waals surface area contributed by atoms with Gasteiger partial charge in [0, 0.05) is 0 Å². The minimum atomic E-state index is 1.23. The summed E-state index contributed by atoms with van der Waals surface area (Å²) >= 11 is 0. The Morgan fingerprint density at radius 2 is 0.556 bits per heavy atom. The van der Waals surface area contributed by atoms with Crippen LogP contribution in [-0.2, 0) is 0 Å². The van der Waals surface area contributed by atoms with Crippen molar-refractivity contribution in [2.45, 2.75) is 0 Å². The second-order valence-corrected chi connectivity index (χ2v) is 14.7. The molecule has 0 amide bonds. The summed E-state index contributed by atoms with van der Waals surface area (Å²) in [6.07, 6.45) is 0. The SMILES string of the molecule is c1ccc(-c2cc3c(-c4cccc5ccccc45)c4cccc5c(-c6ccccc6)cc6c(-c7cccc8ccccc78)c7cccc2c7c3c6c54)cc1. The third-order valence-electron chi connectivity index (χ3n) is 11.9. The lowest BCUT2D eigenvalue weighted by atomic mass is 9.76. The van der Waals surface area contributed by atoms with E-state index < -0.39 is 0 Å². The Morgan fingerprint density at radius 3 is 1.02 bits per heavy atom. The molecular weight excluding hydrogens is 649 g/mol. The monoisotopic (exact) mass is 680 g/mol. The van der Waals surface area contributed by atoms with E-state index in [1.54, 1.807) is 0 Å². The number of fused-ring (bicyclic) bond motifs is 2. The highest BCUT2D eigenvalue weighted by molar-refractivity contribution is 6.45. The van der Waals surface area contributed by atoms with Gasteiger partial charge in [0.25, 0.3) is 0 Å². The maximum Gasteiger partial charge on any atom is -0.000696 e. The fourth-order valence-electron chi connectivity index (χ4n) is 9.75. The summed E-state index contributed by atoms with van der Waals surface area (Å²) in [5.74, 6) is 0. The Labute approximate surface area is 312 Å².